The normalized spacial score (nSPS) is 13.1. The van der Waals surface area contributed by atoms with E-state index in [1.165, 1.54) is 52.7 Å². The van der Waals surface area contributed by atoms with Crippen molar-refractivity contribution in [3.8, 4) is 28.5 Å². The third kappa shape index (κ3) is 5.80. The molecule has 1 aliphatic carbocycles. The maximum absolute atomic E-state index is 7.35. The minimum atomic E-state index is 0.573. The average molecular weight is 938 g/mol. The van der Waals surface area contributed by atoms with Crippen LogP contribution < -0.4 is 0 Å². The number of para-hydroxylation sites is 3. The van der Waals surface area contributed by atoms with E-state index in [9.17, 15) is 0 Å². The van der Waals surface area contributed by atoms with Gasteiger partial charge in [0.1, 0.15) is 11.3 Å². The molecule has 0 fully saturated rings. The quantitative estimate of drug-likeness (QED) is 0.172. The fourth-order valence-corrected chi connectivity index (χ4v) is 12.9. The Hall–Kier alpha value is -9.17. The molecule has 0 amide bonds. The molecule has 0 aliphatic heterocycles. The van der Waals surface area contributed by atoms with E-state index in [0.717, 1.165) is 95.9 Å². The third-order valence-electron chi connectivity index (χ3n) is 15.1. The van der Waals surface area contributed by atoms with Crippen LogP contribution in [0.1, 0.15) is 23.6 Å². The zero-order valence-electron chi connectivity index (χ0n) is 38.7. The first-order valence-electron chi connectivity index (χ1n) is 24.5. The molecule has 16 rings (SSSR count). The number of benzene rings is 10. The summed E-state index contributed by atoms with van der Waals surface area (Å²) in [6, 6.07) is 76.3. The second-order valence-electron chi connectivity index (χ2n) is 19.0. The number of rotatable bonds is 5. The number of thiophene rings is 1. The van der Waals surface area contributed by atoms with Gasteiger partial charge >= 0.3 is 0 Å². The summed E-state index contributed by atoms with van der Waals surface area (Å²) < 4.78 is 14.6. The molecule has 0 N–H and O–H groups in total. The van der Waals surface area contributed by atoms with Crippen LogP contribution in [0.2, 0.25) is 0 Å². The van der Waals surface area contributed by atoms with Gasteiger partial charge in [-0.3, -0.25) is 0 Å². The first kappa shape index (κ1) is 39.7. The van der Waals surface area contributed by atoms with E-state index in [0.29, 0.717) is 17.5 Å². The highest BCUT2D eigenvalue weighted by Gasteiger charge is 2.32. The highest BCUT2D eigenvalue weighted by Crippen LogP contribution is 2.47. The van der Waals surface area contributed by atoms with Crippen molar-refractivity contribution in [1.82, 2.24) is 24.1 Å². The summed E-state index contributed by atoms with van der Waals surface area (Å²) in [6.45, 7) is 0. The molecule has 0 saturated carbocycles. The molecule has 5 aromatic heterocycles. The van der Waals surface area contributed by atoms with Gasteiger partial charge in [0, 0.05) is 80.6 Å². The van der Waals surface area contributed by atoms with Crippen molar-refractivity contribution >= 4 is 119 Å². The lowest BCUT2D eigenvalue weighted by Crippen LogP contribution is -2.12. The number of hydrogen-bond acceptors (Lipinski definition) is 5. The van der Waals surface area contributed by atoms with Crippen LogP contribution in [0.3, 0.4) is 0 Å². The molecule has 0 spiro atoms. The molecule has 0 unspecified atom stereocenters. The number of hydrogen-bond donors (Lipinski definition) is 0. The lowest BCUT2D eigenvalue weighted by atomic mass is 9.91. The minimum Gasteiger partial charge on any atom is -0.455 e. The predicted octanol–water partition coefficient (Wildman–Crippen LogP) is 17.2. The summed E-state index contributed by atoms with van der Waals surface area (Å²) in [5, 5.41) is 12.9. The Morgan fingerprint density at radius 3 is 1.76 bits per heavy atom. The number of allylic oxidation sites excluding steroid dienone is 1. The Kier molecular flexibility index (Phi) is 8.35. The summed E-state index contributed by atoms with van der Waals surface area (Å²) in [7, 11) is 0. The molecule has 0 radical (unpaired) electrons. The molecule has 5 heterocycles. The molecule has 1 aliphatic rings. The smallest absolute Gasteiger partial charge is 0.169 e. The van der Waals surface area contributed by atoms with Gasteiger partial charge < -0.3 is 13.6 Å². The van der Waals surface area contributed by atoms with Gasteiger partial charge in [-0.2, -0.15) is 0 Å². The van der Waals surface area contributed by atoms with E-state index >= 15 is 0 Å². The van der Waals surface area contributed by atoms with Gasteiger partial charge in [0.2, 0.25) is 0 Å². The van der Waals surface area contributed by atoms with Crippen LogP contribution in [0.4, 0.5) is 0 Å². The average Bonchev–Trinajstić information content (AvgIpc) is 4.19. The maximum atomic E-state index is 7.35. The summed E-state index contributed by atoms with van der Waals surface area (Å²) in [5.74, 6) is 2.58. The Morgan fingerprint density at radius 2 is 0.958 bits per heavy atom. The van der Waals surface area contributed by atoms with Crippen molar-refractivity contribution in [1.29, 1.82) is 0 Å². The van der Waals surface area contributed by atoms with Gasteiger partial charge in [0.15, 0.2) is 17.5 Å². The Bertz CT molecular complexity index is 4820. The lowest BCUT2D eigenvalue weighted by Gasteiger charge is -2.22. The summed E-state index contributed by atoms with van der Waals surface area (Å²) in [6.07, 6.45) is 1.52. The SMILES string of the molecule is c1ccc(-n2c3ccccc3c3cc(-c4nc(C5=C(n6c7ccccc7c7cc8ccccc8cc76)CCc6c5oc5c6ccc6ccccc65)nc(-c5ccc6c(c5)sc5ccccc56)n4)ccc32)cc1. The molecule has 0 saturated heterocycles. The first-order valence-corrected chi connectivity index (χ1v) is 25.4. The lowest BCUT2D eigenvalue weighted by molar-refractivity contribution is 0.592. The molecular formula is C65H39N5OS. The number of nitrogens with zero attached hydrogens (tertiary/aromatic N) is 5. The minimum absolute atomic E-state index is 0.573. The number of fused-ring (bicyclic) bond motifs is 15. The van der Waals surface area contributed by atoms with Crippen LogP contribution in [-0.4, -0.2) is 24.1 Å². The zero-order valence-corrected chi connectivity index (χ0v) is 39.5. The van der Waals surface area contributed by atoms with E-state index in [2.05, 4.69) is 221 Å². The maximum Gasteiger partial charge on any atom is 0.169 e. The van der Waals surface area contributed by atoms with Crippen molar-refractivity contribution in [2.45, 2.75) is 12.8 Å². The van der Waals surface area contributed by atoms with Crippen LogP contribution in [0.25, 0.3) is 136 Å². The molecule has 0 bridgehead atoms. The summed E-state index contributed by atoms with van der Waals surface area (Å²) in [5.41, 5.74) is 11.5. The molecular weight excluding hydrogens is 899 g/mol. The zero-order chi connectivity index (χ0) is 47.0. The van der Waals surface area contributed by atoms with Crippen molar-refractivity contribution in [2.75, 3.05) is 0 Å². The second-order valence-corrected chi connectivity index (χ2v) is 20.1. The topological polar surface area (TPSA) is 61.7 Å². The van der Waals surface area contributed by atoms with Gasteiger partial charge in [-0.05, 0) is 95.7 Å². The second kappa shape index (κ2) is 15.2. The predicted molar refractivity (Wildman–Crippen MR) is 299 cm³/mol. The molecule has 72 heavy (non-hydrogen) atoms. The fraction of sp³-hybridized carbons (Fsp3) is 0.0308. The van der Waals surface area contributed by atoms with Crippen LogP contribution >= 0.6 is 11.3 Å². The molecule has 6 nitrogen and oxygen atoms in total. The Morgan fingerprint density at radius 1 is 0.375 bits per heavy atom. The first-order chi connectivity index (χ1) is 35.7. The van der Waals surface area contributed by atoms with Crippen molar-refractivity contribution in [3.05, 3.63) is 229 Å². The number of aromatic nitrogens is 5. The molecule has 0 atom stereocenters. The van der Waals surface area contributed by atoms with Crippen LogP contribution in [0, 0.1) is 0 Å². The number of aryl methyl sites for hydroxylation is 1. The van der Waals surface area contributed by atoms with E-state index in [1.807, 2.05) is 0 Å². The highest BCUT2D eigenvalue weighted by molar-refractivity contribution is 7.25. The molecule has 336 valence electrons. The van der Waals surface area contributed by atoms with E-state index in [4.69, 9.17) is 19.4 Å². The van der Waals surface area contributed by atoms with Crippen LogP contribution in [-0.2, 0) is 6.42 Å². The summed E-state index contributed by atoms with van der Waals surface area (Å²) in [4.78, 5) is 16.7. The largest absolute Gasteiger partial charge is 0.455 e. The highest BCUT2D eigenvalue weighted by atomic mass is 32.1. The fourth-order valence-electron chi connectivity index (χ4n) is 11.8. The third-order valence-corrected chi connectivity index (χ3v) is 16.2. The Labute approximate surface area is 416 Å². The van der Waals surface area contributed by atoms with Crippen molar-refractivity contribution in [2.24, 2.45) is 0 Å². The van der Waals surface area contributed by atoms with Crippen molar-refractivity contribution in [3.63, 3.8) is 0 Å². The van der Waals surface area contributed by atoms with E-state index in [-0.39, 0.29) is 0 Å². The van der Waals surface area contributed by atoms with Crippen LogP contribution in [0.5, 0.6) is 0 Å². The summed E-state index contributed by atoms with van der Waals surface area (Å²) >= 11 is 1.80. The number of furan rings is 1. The van der Waals surface area contributed by atoms with Crippen LogP contribution in [0.15, 0.2) is 217 Å². The Balaban J connectivity index is 1.02. The van der Waals surface area contributed by atoms with Gasteiger partial charge in [-0.1, -0.05) is 146 Å². The van der Waals surface area contributed by atoms with Gasteiger partial charge in [-0.15, -0.1) is 11.3 Å². The van der Waals surface area contributed by atoms with E-state index in [1.54, 1.807) is 11.3 Å². The van der Waals surface area contributed by atoms with Crippen molar-refractivity contribution < 1.29 is 4.42 Å². The van der Waals surface area contributed by atoms with Gasteiger partial charge in [-0.25, -0.2) is 15.0 Å². The molecule has 10 aromatic carbocycles. The molecule has 7 heteroatoms. The molecule has 15 aromatic rings. The monoisotopic (exact) mass is 937 g/mol. The van der Waals surface area contributed by atoms with Gasteiger partial charge in [0.25, 0.3) is 0 Å². The standard InChI is InChI=1S/C65H39N5OS/c1-2-17-43(18-3-1)69-53-23-11-8-20-45(53)51-35-41(28-32-55(51)69)63-66-64(42-27-29-48-47-22-10-13-25-58(47)72-59(48)37-42)68-65(67-63)60-56(33-31-50-49-30-26-38-14-6-7-19-44(38)61(49)71-62(50)60)70-54-24-12-9-21-46(54)52-34-39-15-4-5-16-40(39)36-57(52)70/h1-30,32,34-37H,31,33H2. The van der Waals surface area contributed by atoms with E-state index < -0.39 is 0 Å². The van der Waals surface area contributed by atoms with Gasteiger partial charge in [0.05, 0.1) is 27.6 Å².